The molecule has 20 heavy (non-hydrogen) atoms. The fourth-order valence-electron chi connectivity index (χ4n) is 1.99. The van der Waals surface area contributed by atoms with Crippen LogP contribution in [-0.4, -0.2) is 12.1 Å². The molecule has 1 aromatic rings. The molecule has 0 saturated carbocycles. The molecule has 1 heterocycles. The van der Waals surface area contributed by atoms with Gasteiger partial charge in [-0.05, 0) is 25.5 Å². The summed E-state index contributed by atoms with van der Waals surface area (Å²) in [5.74, 6) is 0.0167. The molecule has 0 fully saturated rings. The second-order valence-corrected chi connectivity index (χ2v) is 6.43. The van der Waals surface area contributed by atoms with Crippen molar-refractivity contribution in [2.24, 2.45) is 5.10 Å². The van der Waals surface area contributed by atoms with E-state index in [2.05, 4.69) is 24.4 Å². The van der Waals surface area contributed by atoms with Gasteiger partial charge in [0.2, 0.25) is 5.91 Å². The van der Waals surface area contributed by atoms with E-state index in [1.165, 1.54) is 37.0 Å². The average molecular weight is 294 g/mol. The number of hydrazone groups is 1. The van der Waals surface area contributed by atoms with Gasteiger partial charge in [-0.1, -0.05) is 45.4 Å². The molecule has 1 aromatic heterocycles. The van der Waals surface area contributed by atoms with Crippen molar-refractivity contribution in [3.05, 3.63) is 21.9 Å². The van der Waals surface area contributed by atoms with E-state index in [1.54, 1.807) is 17.6 Å². The highest BCUT2D eigenvalue weighted by Gasteiger charge is 1.99. The number of nitrogens with zero attached hydrogens (tertiary/aromatic N) is 1. The molecule has 0 unspecified atom stereocenters. The van der Waals surface area contributed by atoms with Gasteiger partial charge in [-0.3, -0.25) is 4.79 Å². The first kappa shape index (κ1) is 16.9. The molecule has 0 spiro atoms. The van der Waals surface area contributed by atoms with E-state index in [4.69, 9.17) is 0 Å². The van der Waals surface area contributed by atoms with E-state index in [1.807, 2.05) is 12.1 Å². The van der Waals surface area contributed by atoms with E-state index in [9.17, 15) is 4.79 Å². The fraction of sp³-hybridized carbons (Fsp3) is 0.625. The second-order valence-electron chi connectivity index (χ2n) is 5.11. The molecule has 112 valence electrons. The molecule has 4 heteroatoms. The smallest absolute Gasteiger partial charge is 0.240 e. The van der Waals surface area contributed by atoms with E-state index in [0.29, 0.717) is 6.42 Å². The molecule has 0 bridgehead atoms. The number of carbonyl (C=O) groups is 1. The van der Waals surface area contributed by atoms with Crippen LogP contribution in [0.2, 0.25) is 0 Å². The molecule has 1 rings (SSSR count). The topological polar surface area (TPSA) is 41.5 Å². The van der Waals surface area contributed by atoms with Crippen molar-refractivity contribution in [1.29, 1.82) is 0 Å². The van der Waals surface area contributed by atoms with Crippen molar-refractivity contribution < 1.29 is 4.79 Å². The third-order valence-corrected chi connectivity index (χ3v) is 4.08. The van der Waals surface area contributed by atoms with Gasteiger partial charge in [0.25, 0.3) is 0 Å². The van der Waals surface area contributed by atoms with Crippen LogP contribution >= 0.6 is 11.3 Å². The summed E-state index contributed by atoms with van der Waals surface area (Å²) in [5, 5.41) is 3.98. The summed E-state index contributed by atoms with van der Waals surface area (Å²) >= 11 is 1.67. The summed E-state index contributed by atoms with van der Waals surface area (Å²) in [5.41, 5.74) is 2.59. The number of rotatable bonds is 10. The Labute approximate surface area is 126 Å². The van der Waals surface area contributed by atoms with E-state index in [0.717, 1.165) is 17.7 Å². The predicted molar refractivity (Wildman–Crippen MR) is 87.4 cm³/mol. The normalized spacial score (nSPS) is 11.1. The van der Waals surface area contributed by atoms with E-state index < -0.39 is 0 Å². The largest absolute Gasteiger partial charge is 0.273 e. The molecule has 0 aliphatic heterocycles. The number of carbonyl (C=O) groups excluding carboxylic acids is 1. The summed E-state index contributed by atoms with van der Waals surface area (Å²) in [6.45, 7) is 4.28. The molecule has 1 N–H and O–H groups in total. The maximum absolute atomic E-state index is 11.6. The van der Waals surface area contributed by atoms with E-state index in [-0.39, 0.29) is 5.91 Å². The highest BCUT2D eigenvalue weighted by Crippen LogP contribution is 2.12. The van der Waals surface area contributed by atoms with Crippen LogP contribution in [0.3, 0.4) is 0 Å². The summed E-state index contributed by atoms with van der Waals surface area (Å²) in [7, 11) is 0. The van der Waals surface area contributed by atoms with Crippen LogP contribution in [0.5, 0.6) is 0 Å². The molecule has 0 aliphatic carbocycles. The fourth-order valence-corrected chi connectivity index (χ4v) is 2.74. The zero-order valence-electron chi connectivity index (χ0n) is 12.7. The number of hydrogen-bond donors (Lipinski definition) is 1. The Morgan fingerprint density at radius 2 is 1.90 bits per heavy atom. The highest BCUT2D eigenvalue weighted by atomic mass is 32.1. The Kier molecular flexibility index (Phi) is 8.96. The number of nitrogens with one attached hydrogen (secondary N) is 1. The summed E-state index contributed by atoms with van der Waals surface area (Å²) in [4.78, 5) is 13.9. The maximum Gasteiger partial charge on any atom is 0.240 e. The number of hydrogen-bond acceptors (Lipinski definition) is 3. The van der Waals surface area contributed by atoms with Crippen molar-refractivity contribution in [2.75, 3.05) is 0 Å². The lowest BCUT2D eigenvalue weighted by Crippen LogP contribution is -2.16. The molecular formula is C16H26N2OS. The van der Waals surface area contributed by atoms with Gasteiger partial charge in [-0.2, -0.15) is 5.10 Å². The minimum Gasteiger partial charge on any atom is -0.273 e. The van der Waals surface area contributed by atoms with Crippen molar-refractivity contribution in [1.82, 2.24) is 5.43 Å². The van der Waals surface area contributed by atoms with Crippen LogP contribution in [0.4, 0.5) is 0 Å². The number of aryl methyl sites for hydroxylation is 1. The van der Waals surface area contributed by atoms with Gasteiger partial charge in [-0.15, -0.1) is 11.3 Å². The maximum atomic E-state index is 11.6. The average Bonchev–Trinajstić information content (AvgIpc) is 2.83. The van der Waals surface area contributed by atoms with Gasteiger partial charge in [-0.25, -0.2) is 5.43 Å². The highest BCUT2D eigenvalue weighted by molar-refractivity contribution is 7.13. The van der Waals surface area contributed by atoms with Crippen LogP contribution in [0.1, 0.15) is 68.0 Å². The van der Waals surface area contributed by atoms with Gasteiger partial charge in [0.05, 0.1) is 6.21 Å². The third-order valence-electron chi connectivity index (χ3n) is 3.15. The summed E-state index contributed by atoms with van der Waals surface area (Å²) in [6, 6.07) is 4.05. The molecule has 0 aliphatic rings. The van der Waals surface area contributed by atoms with Crippen LogP contribution in [-0.2, 0) is 4.79 Å². The van der Waals surface area contributed by atoms with Crippen molar-refractivity contribution >= 4 is 23.5 Å². The SMILES string of the molecule is CCCCCCCCCC(=O)N/N=C/c1ccc(C)s1. The quantitative estimate of drug-likeness (QED) is 0.381. The molecule has 0 atom stereocenters. The van der Waals surface area contributed by atoms with Gasteiger partial charge >= 0.3 is 0 Å². The lowest BCUT2D eigenvalue weighted by atomic mass is 10.1. The lowest BCUT2D eigenvalue weighted by molar-refractivity contribution is -0.121. The van der Waals surface area contributed by atoms with Crippen molar-refractivity contribution in [3.8, 4) is 0 Å². The lowest BCUT2D eigenvalue weighted by Gasteiger charge is -2.01. The van der Waals surface area contributed by atoms with Crippen LogP contribution < -0.4 is 5.43 Å². The first-order valence-corrected chi connectivity index (χ1v) is 8.42. The molecule has 3 nitrogen and oxygen atoms in total. The first-order chi connectivity index (χ1) is 9.72. The Balaban J connectivity index is 2.01. The van der Waals surface area contributed by atoms with Gasteiger partial charge in [0.1, 0.15) is 0 Å². The Hall–Kier alpha value is -1.16. The minimum absolute atomic E-state index is 0.0167. The summed E-state index contributed by atoms with van der Waals surface area (Å²) < 4.78 is 0. The minimum atomic E-state index is 0.0167. The monoisotopic (exact) mass is 294 g/mol. The van der Waals surface area contributed by atoms with Gasteiger partial charge in [0, 0.05) is 16.2 Å². The van der Waals surface area contributed by atoms with Crippen LogP contribution in [0.25, 0.3) is 0 Å². The molecule has 0 saturated heterocycles. The number of thiophene rings is 1. The summed E-state index contributed by atoms with van der Waals surface area (Å²) in [6.07, 6.45) is 10.9. The molecular weight excluding hydrogens is 268 g/mol. The third kappa shape index (κ3) is 8.10. The first-order valence-electron chi connectivity index (χ1n) is 7.60. The van der Waals surface area contributed by atoms with Gasteiger partial charge < -0.3 is 0 Å². The second kappa shape index (κ2) is 10.6. The van der Waals surface area contributed by atoms with Crippen LogP contribution in [0, 0.1) is 6.92 Å². The number of unbranched alkanes of at least 4 members (excludes halogenated alkanes) is 6. The zero-order valence-corrected chi connectivity index (χ0v) is 13.5. The zero-order chi connectivity index (χ0) is 14.6. The molecule has 0 radical (unpaired) electrons. The predicted octanol–water partition coefficient (Wildman–Crippen LogP) is 4.65. The van der Waals surface area contributed by atoms with E-state index >= 15 is 0 Å². The van der Waals surface area contributed by atoms with Crippen LogP contribution in [0.15, 0.2) is 17.2 Å². The molecule has 0 aromatic carbocycles. The standard InChI is InChI=1S/C16H26N2OS/c1-3-4-5-6-7-8-9-10-16(19)18-17-13-15-12-11-14(2)20-15/h11-13H,3-10H2,1-2H3,(H,18,19)/b17-13+. The van der Waals surface area contributed by atoms with Crippen molar-refractivity contribution in [3.63, 3.8) is 0 Å². The number of amides is 1. The van der Waals surface area contributed by atoms with Crippen molar-refractivity contribution in [2.45, 2.75) is 65.2 Å². The van der Waals surface area contributed by atoms with Gasteiger partial charge in [0.15, 0.2) is 0 Å². The Bertz CT molecular complexity index is 412. The Morgan fingerprint density at radius 3 is 2.55 bits per heavy atom. The Morgan fingerprint density at radius 1 is 1.20 bits per heavy atom. The molecule has 1 amide bonds.